The van der Waals surface area contributed by atoms with Crippen LogP contribution in [-0.4, -0.2) is 87.4 Å². The molecule has 9 nitrogen and oxygen atoms in total. The molecule has 0 aliphatic carbocycles. The summed E-state index contributed by atoms with van der Waals surface area (Å²) in [6.07, 6.45) is 118. The number of allylic oxidation sites excluding steroid dienone is 28. The number of nitrogens with zero attached hydrogens (tertiary/aromatic N) is 1. The minimum absolute atomic E-state index is 0.183. The minimum Gasteiger partial charge on any atom is -0.477 e. The number of aliphatic carboxylic acids is 1. The minimum atomic E-state index is -1.52. The van der Waals surface area contributed by atoms with Gasteiger partial charge in [0.1, 0.15) is 13.2 Å². The number of carbonyl (C=O) groups is 3. The van der Waals surface area contributed by atoms with Crippen LogP contribution in [0, 0.1) is 0 Å². The largest absolute Gasteiger partial charge is 0.477 e. The van der Waals surface area contributed by atoms with Gasteiger partial charge in [0.2, 0.25) is 0 Å². The Morgan fingerprint density at radius 2 is 0.535 bits per heavy atom. The smallest absolute Gasteiger partial charge is 0.361 e. The number of quaternary nitrogens is 1. The van der Waals surface area contributed by atoms with Gasteiger partial charge in [-0.15, -0.1) is 0 Å². The Bertz CT molecular complexity index is 2280. The monoisotopic (exact) mass is 1400 g/mol. The molecule has 0 aliphatic heterocycles. The summed E-state index contributed by atoms with van der Waals surface area (Å²) in [5.41, 5.74) is 0. The second-order valence-electron chi connectivity index (χ2n) is 28.3. The molecule has 0 saturated carbocycles. The van der Waals surface area contributed by atoms with Crippen LogP contribution in [0.25, 0.3) is 0 Å². The maximum absolute atomic E-state index is 13.0. The van der Waals surface area contributed by atoms with Crippen molar-refractivity contribution in [3.05, 3.63) is 170 Å². The first-order valence-corrected chi connectivity index (χ1v) is 41.3. The third kappa shape index (κ3) is 81.8. The van der Waals surface area contributed by atoms with Crippen LogP contribution < -0.4 is 0 Å². The molecule has 101 heavy (non-hydrogen) atoms. The Labute approximate surface area is 622 Å². The van der Waals surface area contributed by atoms with Gasteiger partial charge >= 0.3 is 17.9 Å². The molecular formula is C92H154NO8+. The van der Waals surface area contributed by atoms with Crippen LogP contribution in [-0.2, 0) is 33.3 Å². The molecule has 0 aromatic carbocycles. The summed E-state index contributed by atoms with van der Waals surface area (Å²) < 4.78 is 23.1. The lowest BCUT2D eigenvalue weighted by molar-refractivity contribution is -0.870. The zero-order valence-electron chi connectivity index (χ0n) is 65.8. The lowest BCUT2D eigenvalue weighted by atomic mass is 10.0. The van der Waals surface area contributed by atoms with Gasteiger partial charge in [-0.05, 0) is 128 Å². The highest BCUT2D eigenvalue weighted by Crippen LogP contribution is 2.18. The van der Waals surface area contributed by atoms with E-state index in [4.69, 9.17) is 18.9 Å². The van der Waals surface area contributed by atoms with Gasteiger partial charge in [0, 0.05) is 12.8 Å². The summed E-state index contributed by atoms with van der Waals surface area (Å²) in [6.45, 7) is 4.67. The molecule has 0 aliphatic rings. The molecule has 0 radical (unpaired) electrons. The van der Waals surface area contributed by atoms with Crippen LogP contribution in [0.3, 0.4) is 0 Å². The zero-order chi connectivity index (χ0) is 73.2. The van der Waals surface area contributed by atoms with Crippen LogP contribution in [0.5, 0.6) is 0 Å². The normalized spacial score (nSPS) is 13.6. The number of hydrogen-bond donors (Lipinski definition) is 1. The maximum Gasteiger partial charge on any atom is 0.361 e. The highest BCUT2D eigenvalue weighted by molar-refractivity contribution is 5.71. The van der Waals surface area contributed by atoms with Crippen molar-refractivity contribution < 1.29 is 42.9 Å². The average molecular weight is 1400 g/mol. The number of carbonyl (C=O) groups excluding carboxylic acids is 2. The van der Waals surface area contributed by atoms with Crippen molar-refractivity contribution in [3.8, 4) is 0 Å². The second kappa shape index (κ2) is 80.3. The Morgan fingerprint density at radius 3 is 0.792 bits per heavy atom. The molecule has 0 amide bonds. The molecule has 0 aromatic heterocycles. The number of carboxylic acid groups (broad SMARTS) is 1. The van der Waals surface area contributed by atoms with Crippen LogP contribution in [0.1, 0.15) is 335 Å². The van der Waals surface area contributed by atoms with E-state index in [1.54, 1.807) is 0 Å². The second-order valence-corrected chi connectivity index (χ2v) is 28.3. The SMILES string of the molecule is CC/C=C\C/C=C\C/C=C\C/C=C\C/C=C\C/C=C\C/C=C\CCCCCCCCCCCCCCCCCCCC(=O)OC(COC(=O)CCCCCCCCCCCCCCCCC/C=C\C/C=C\C/C=C\C/C=C\C/C=C\C/C=C\C/C=C\CC)COC(OCC[N+](C)(C)C)C(=O)O. The Morgan fingerprint density at radius 1 is 0.297 bits per heavy atom. The first-order valence-electron chi connectivity index (χ1n) is 41.3. The number of rotatable bonds is 75. The molecule has 0 spiro atoms. The average Bonchev–Trinajstić information content (AvgIpc) is 1.21. The van der Waals surface area contributed by atoms with E-state index < -0.39 is 24.3 Å². The fourth-order valence-electron chi connectivity index (χ4n) is 11.3. The molecule has 0 rings (SSSR count). The first kappa shape index (κ1) is 95.6. The predicted octanol–water partition coefficient (Wildman–Crippen LogP) is 26.9. The molecule has 0 heterocycles. The van der Waals surface area contributed by atoms with Crippen molar-refractivity contribution in [2.75, 3.05) is 47.5 Å². The number of carboxylic acids is 1. The van der Waals surface area contributed by atoms with Crippen LogP contribution in [0.4, 0.5) is 0 Å². The summed E-state index contributed by atoms with van der Waals surface area (Å²) >= 11 is 0. The van der Waals surface area contributed by atoms with Crippen molar-refractivity contribution in [2.45, 2.75) is 347 Å². The van der Waals surface area contributed by atoms with Gasteiger partial charge < -0.3 is 28.5 Å². The number of unbranched alkanes of at least 4 members (excludes halogenated alkanes) is 32. The van der Waals surface area contributed by atoms with Crippen LogP contribution in [0.15, 0.2) is 170 Å². The molecule has 2 unspecified atom stereocenters. The lowest BCUT2D eigenvalue weighted by Gasteiger charge is -2.25. The van der Waals surface area contributed by atoms with E-state index in [-0.39, 0.29) is 32.2 Å². The lowest BCUT2D eigenvalue weighted by Crippen LogP contribution is -2.40. The topological polar surface area (TPSA) is 108 Å². The Kier molecular flexibility index (Phi) is 76.1. The number of hydrogen-bond acceptors (Lipinski definition) is 7. The standard InChI is InChI=1S/C92H153NO8/c1-6-8-10-12-14-16-18-20-22-24-26-28-30-32-34-36-38-40-42-44-45-47-49-51-53-55-57-59-61-63-65-67-69-71-73-75-77-79-81-83-90(95)101-88(87-100-92(91(96)97)98-85-84-93(3,4)5)86-99-89(94)82-80-78-76-74-72-70-68-66-64-62-60-58-56-54-52-50-48-46-43-41-39-37-35-33-31-29-27-25-23-21-19-17-15-13-11-9-7-2/h8-11,14-17,20-23,26-29,32-35,38-41,44-46,48,88,92H,6-7,12-13,18-19,24-25,30-31,36-37,42-43,47,49-87H2,1-5H3/p+1/b10-8-,11-9-,16-14-,17-15-,22-20-,23-21-,28-26-,29-27-,34-32-,35-33-,40-38-,41-39-,45-44-,48-46-. The van der Waals surface area contributed by atoms with E-state index in [0.29, 0.717) is 17.4 Å². The number of likely N-dealkylation sites (N-methyl/N-ethyl adjacent to an activating group) is 1. The van der Waals surface area contributed by atoms with Crippen LogP contribution in [0.2, 0.25) is 0 Å². The number of ether oxygens (including phenoxy) is 4. The third-order valence-corrected chi connectivity index (χ3v) is 17.5. The summed E-state index contributed by atoms with van der Waals surface area (Å²) in [6, 6.07) is 0. The van der Waals surface area contributed by atoms with Gasteiger partial charge in [0.15, 0.2) is 6.10 Å². The van der Waals surface area contributed by atoms with E-state index in [9.17, 15) is 19.5 Å². The van der Waals surface area contributed by atoms with Crippen molar-refractivity contribution in [2.24, 2.45) is 0 Å². The fourth-order valence-corrected chi connectivity index (χ4v) is 11.3. The Hall–Kier alpha value is -5.35. The molecule has 9 heteroatoms. The molecule has 574 valence electrons. The van der Waals surface area contributed by atoms with Gasteiger partial charge in [0.25, 0.3) is 6.29 Å². The highest BCUT2D eigenvalue weighted by atomic mass is 16.7. The molecule has 2 atom stereocenters. The predicted molar refractivity (Wildman–Crippen MR) is 437 cm³/mol. The van der Waals surface area contributed by atoms with Crippen molar-refractivity contribution in [1.29, 1.82) is 0 Å². The number of esters is 2. The first-order chi connectivity index (χ1) is 49.6. The van der Waals surface area contributed by atoms with Gasteiger partial charge in [-0.3, -0.25) is 9.59 Å². The van der Waals surface area contributed by atoms with Gasteiger partial charge in [-0.2, -0.15) is 0 Å². The van der Waals surface area contributed by atoms with E-state index in [0.717, 1.165) is 128 Å². The van der Waals surface area contributed by atoms with Crippen LogP contribution >= 0.6 is 0 Å². The van der Waals surface area contributed by atoms with E-state index in [2.05, 4.69) is 184 Å². The summed E-state index contributed by atoms with van der Waals surface area (Å²) in [7, 11) is 5.98. The van der Waals surface area contributed by atoms with Crippen molar-refractivity contribution in [3.63, 3.8) is 0 Å². The summed E-state index contributed by atoms with van der Waals surface area (Å²) in [4.78, 5) is 37.8. The van der Waals surface area contributed by atoms with E-state index in [1.807, 2.05) is 21.1 Å². The summed E-state index contributed by atoms with van der Waals surface area (Å²) in [5.74, 6) is -2.00. The van der Waals surface area contributed by atoms with E-state index >= 15 is 0 Å². The molecule has 1 N–H and O–H groups in total. The summed E-state index contributed by atoms with van der Waals surface area (Å²) in [5, 5.41) is 9.78. The fraction of sp³-hybridized carbons (Fsp3) is 0.663. The molecule has 0 bridgehead atoms. The zero-order valence-corrected chi connectivity index (χ0v) is 65.8. The quantitative estimate of drug-likeness (QED) is 0.0211. The van der Waals surface area contributed by atoms with Crippen molar-refractivity contribution in [1.82, 2.24) is 0 Å². The van der Waals surface area contributed by atoms with Gasteiger partial charge in [-0.25, -0.2) is 4.79 Å². The Balaban J connectivity index is 4.04. The highest BCUT2D eigenvalue weighted by Gasteiger charge is 2.25. The third-order valence-electron chi connectivity index (χ3n) is 17.5. The maximum atomic E-state index is 13.0. The molecule has 0 saturated heterocycles. The molecular weight excluding hydrogens is 1250 g/mol. The van der Waals surface area contributed by atoms with Gasteiger partial charge in [0.05, 0.1) is 34.4 Å². The van der Waals surface area contributed by atoms with Crippen molar-refractivity contribution >= 4 is 17.9 Å². The van der Waals surface area contributed by atoms with E-state index in [1.165, 1.54) is 180 Å². The molecule has 0 fully saturated rings. The molecule has 0 aromatic rings. The van der Waals surface area contributed by atoms with Gasteiger partial charge in [-0.1, -0.05) is 364 Å².